The number of carbonyl (C=O) groups excluding carboxylic acids is 2. The van der Waals surface area contributed by atoms with Gasteiger partial charge in [0, 0.05) is 17.9 Å². The van der Waals surface area contributed by atoms with Crippen molar-refractivity contribution in [3.05, 3.63) is 36.9 Å². The first-order chi connectivity index (χ1) is 9.15. The molecule has 0 unspecified atom stereocenters. The third kappa shape index (κ3) is 5.58. The van der Waals surface area contributed by atoms with Crippen molar-refractivity contribution in [3.8, 4) is 0 Å². The van der Waals surface area contributed by atoms with Crippen molar-refractivity contribution in [1.82, 2.24) is 5.32 Å². The van der Waals surface area contributed by atoms with Gasteiger partial charge in [0.25, 0.3) is 0 Å². The summed E-state index contributed by atoms with van der Waals surface area (Å²) in [6.07, 6.45) is 1.08. The van der Waals surface area contributed by atoms with Crippen LogP contribution in [0.2, 0.25) is 0 Å². The molecule has 0 aliphatic heterocycles. The van der Waals surface area contributed by atoms with Gasteiger partial charge in [0.1, 0.15) is 0 Å². The molecule has 1 rings (SSSR count). The van der Waals surface area contributed by atoms with E-state index in [1.807, 2.05) is 0 Å². The average molecular weight is 263 g/mol. The largest absolute Gasteiger partial charge is 0.450 e. The van der Waals surface area contributed by atoms with Crippen molar-refractivity contribution < 1.29 is 14.3 Å². The Hall–Kier alpha value is -2.50. The van der Waals surface area contributed by atoms with Crippen LogP contribution in [-0.4, -0.2) is 25.3 Å². The van der Waals surface area contributed by atoms with Crippen LogP contribution >= 0.6 is 0 Å². The molecule has 6 nitrogen and oxygen atoms in total. The van der Waals surface area contributed by atoms with E-state index < -0.39 is 6.09 Å². The molecule has 0 atom stereocenters. The first-order valence-electron chi connectivity index (χ1n) is 5.85. The lowest BCUT2D eigenvalue weighted by Crippen LogP contribution is -2.28. The van der Waals surface area contributed by atoms with Gasteiger partial charge in [0.15, 0.2) is 0 Å². The molecule has 0 saturated heterocycles. The summed E-state index contributed by atoms with van der Waals surface area (Å²) >= 11 is 0. The molecule has 0 radical (unpaired) electrons. The van der Waals surface area contributed by atoms with E-state index in [9.17, 15) is 9.59 Å². The van der Waals surface area contributed by atoms with Crippen LogP contribution in [-0.2, 0) is 4.74 Å². The lowest BCUT2D eigenvalue weighted by molar-refractivity contribution is 0.168. The number of amides is 3. The molecule has 0 heterocycles. The Balaban J connectivity index is 2.49. The SMILES string of the molecule is C=CCNC(=O)Nc1ccc(NC(=O)OCC)cc1. The van der Waals surface area contributed by atoms with Gasteiger partial charge in [-0.05, 0) is 31.2 Å². The summed E-state index contributed by atoms with van der Waals surface area (Å²) in [5.74, 6) is 0. The van der Waals surface area contributed by atoms with Crippen LogP contribution in [0.15, 0.2) is 36.9 Å². The molecule has 0 fully saturated rings. The Morgan fingerprint density at radius 1 is 1.21 bits per heavy atom. The van der Waals surface area contributed by atoms with Gasteiger partial charge in [-0.15, -0.1) is 6.58 Å². The van der Waals surface area contributed by atoms with E-state index in [1.165, 1.54) is 0 Å². The maximum Gasteiger partial charge on any atom is 0.411 e. The average Bonchev–Trinajstić information content (AvgIpc) is 2.39. The molecule has 0 aromatic heterocycles. The van der Waals surface area contributed by atoms with E-state index in [1.54, 1.807) is 37.3 Å². The minimum atomic E-state index is -0.507. The smallest absolute Gasteiger partial charge is 0.411 e. The summed E-state index contributed by atoms with van der Waals surface area (Å²) in [5, 5.41) is 7.78. The van der Waals surface area contributed by atoms with E-state index in [0.29, 0.717) is 24.5 Å². The Morgan fingerprint density at radius 2 is 1.79 bits per heavy atom. The molecule has 1 aromatic rings. The van der Waals surface area contributed by atoms with Gasteiger partial charge in [0.05, 0.1) is 6.61 Å². The number of ether oxygens (including phenoxy) is 1. The maximum absolute atomic E-state index is 11.4. The highest BCUT2D eigenvalue weighted by Crippen LogP contribution is 2.13. The number of urea groups is 1. The highest BCUT2D eigenvalue weighted by Gasteiger charge is 2.03. The predicted octanol–water partition coefficient (Wildman–Crippen LogP) is 2.56. The molecule has 0 bridgehead atoms. The molecule has 19 heavy (non-hydrogen) atoms. The molecule has 3 N–H and O–H groups in total. The third-order valence-electron chi connectivity index (χ3n) is 2.07. The minimum absolute atomic E-state index is 0.314. The van der Waals surface area contributed by atoms with Crippen LogP contribution in [0.3, 0.4) is 0 Å². The lowest BCUT2D eigenvalue weighted by atomic mass is 10.3. The van der Waals surface area contributed by atoms with Crippen LogP contribution in [0.1, 0.15) is 6.92 Å². The van der Waals surface area contributed by atoms with Crippen molar-refractivity contribution in [3.63, 3.8) is 0 Å². The Kier molecular flexibility index (Phi) is 5.94. The molecule has 0 aliphatic carbocycles. The van der Waals surface area contributed by atoms with Gasteiger partial charge in [-0.2, -0.15) is 0 Å². The topological polar surface area (TPSA) is 79.5 Å². The fourth-order valence-corrected chi connectivity index (χ4v) is 1.26. The van der Waals surface area contributed by atoms with Crippen LogP contribution in [0.25, 0.3) is 0 Å². The van der Waals surface area contributed by atoms with Crippen molar-refractivity contribution in [1.29, 1.82) is 0 Å². The fourth-order valence-electron chi connectivity index (χ4n) is 1.26. The van der Waals surface area contributed by atoms with Gasteiger partial charge in [-0.3, -0.25) is 5.32 Å². The van der Waals surface area contributed by atoms with Gasteiger partial charge in [0.2, 0.25) is 0 Å². The summed E-state index contributed by atoms with van der Waals surface area (Å²) in [7, 11) is 0. The third-order valence-corrected chi connectivity index (χ3v) is 2.07. The second kappa shape index (κ2) is 7.75. The van der Waals surface area contributed by atoms with Crippen LogP contribution in [0.5, 0.6) is 0 Å². The van der Waals surface area contributed by atoms with E-state index in [4.69, 9.17) is 4.74 Å². The number of hydrogen-bond donors (Lipinski definition) is 3. The zero-order chi connectivity index (χ0) is 14.1. The monoisotopic (exact) mass is 263 g/mol. The molecule has 6 heteroatoms. The summed E-state index contributed by atoms with van der Waals surface area (Å²) < 4.78 is 4.75. The molecule has 0 saturated carbocycles. The molecule has 3 amide bonds. The molecule has 102 valence electrons. The Bertz CT molecular complexity index is 443. The fraction of sp³-hybridized carbons (Fsp3) is 0.231. The summed E-state index contributed by atoms with van der Waals surface area (Å²) in [6.45, 7) is 5.94. The lowest BCUT2D eigenvalue weighted by Gasteiger charge is -2.08. The van der Waals surface area contributed by atoms with E-state index in [0.717, 1.165) is 0 Å². The Labute approximate surface area is 111 Å². The van der Waals surface area contributed by atoms with E-state index in [-0.39, 0.29) is 6.03 Å². The van der Waals surface area contributed by atoms with Crippen molar-refractivity contribution in [2.75, 3.05) is 23.8 Å². The standard InChI is InChI=1S/C13H17N3O3/c1-3-9-14-12(17)15-10-5-7-11(8-6-10)16-13(18)19-4-2/h3,5-8H,1,4,9H2,2H3,(H,16,18)(H2,14,15,17). The normalized spacial score (nSPS) is 9.32. The van der Waals surface area contributed by atoms with Crippen molar-refractivity contribution >= 4 is 23.5 Å². The van der Waals surface area contributed by atoms with Gasteiger partial charge in [-0.1, -0.05) is 6.08 Å². The number of nitrogens with one attached hydrogen (secondary N) is 3. The van der Waals surface area contributed by atoms with Gasteiger partial charge in [-0.25, -0.2) is 9.59 Å². The van der Waals surface area contributed by atoms with Crippen molar-refractivity contribution in [2.24, 2.45) is 0 Å². The molecular formula is C13H17N3O3. The van der Waals surface area contributed by atoms with Crippen LogP contribution in [0, 0.1) is 0 Å². The zero-order valence-corrected chi connectivity index (χ0v) is 10.7. The first kappa shape index (κ1) is 14.6. The first-order valence-corrected chi connectivity index (χ1v) is 5.85. The quantitative estimate of drug-likeness (QED) is 0.714. The molecular weight excluding hydrogens is 246 g/mol. The van der Waals surface area contributed by atoms with Crippen LogP contribution in [0.4, 0.5) is 21.0 Å². The second-order valence-corrected chi connectivity index (χ2v) is 3.55. The summed E-state index contributed by atoms with van der Waals surface area (Å²) in [5.41, 5.74) is 1.21. The van der Waals surface area contributed by atoms with Crippen molar-refractivity contribution in [2.45, 2.75) is 6.92 Å². The number of rotatable bonds is 5. The van der Waals surface area contributed by atoms with Crippen LogP contribution < -0.4 is 16.0 Å². The van der Waals surface area contributed by atoms with E-state index >= 15 is 0 Å². The van der Waals surface area contributed by atoms with Gasteiger partial charge >= 0.3 is 12.1 Å². The Morgan fingerprint density at radius 3 is 2.32 bits per heavy atom. The second-order valence-electron chi connectivity index (χ2n) is 3.55. The minimum Gasteiger partial charge on any atom is -0.450 e. The number of anilines is 2. The summed E-state index contributed by atoms with van der Waals surface area (Å²) in [6, 6.07) is 6.37. The highest BCUT2D eigenvalue weighted by molar-refractivity contribution is 5.90. The molecule has 1 aromatic carbocycles. The highest BCUT2D eigenvalue weighted by atomic mass is 16.5. The molecule has 0 aliphatic rings. The predicted molar refractivity (Wildman–Crippen MR) is 74.3 cm³/mol. The molecule has 0 spiro atoms. The summed E-state index contributed by atoms with van der Waals surface area (Å²) in [4.78, 5) is 22.5. The van der Waals surface area contributed by atoms with Gasteiger partial charge < -0.3 is 15.4 Å². The number of carbonyl (C=O) groups is 2. The number of hydrogen-bond acceptors (Lipinski definition) is 3. The zero-order valence-electron chi connectivity index (χ0n) is 10.7. The van der Waals surface area contributed by atoms with E-state index in [2.05, 4.69) is 22.5 Å². The number of benzene rings is 1. The maximum atomic E-state index is 11.4.